The maximum atomic E-state index is 12.6. The Bertz CT molecular complexity index is 658. The van der Waals surface area contributed by atoms with Crippen LogP contribution in [0.5, 0.6) is 0 Å². The van der Waals surface area contributed by atoms with Gasteiger partial charge in [0.2, 0.25) is 10.0 Å². The first-order valence-electron chi connectivity index (χ1n) is 8.67. The van der Waals surface area contributed by atoms with E-state index in [0.29, 0.717) is 0 Å². The van der Waals surface area contributed by atoms with Crippen molar-refractivity contribution in [2.45, 2.75) is 75.8 Å². The van der Waals surface area contributed by atoms with Crippen LogP contribution in [0.4, 0.5) is 5.69 Å². The standard InChI is InChI=1S/C17H26N2O4S/c1-3-4-5-6-7-8-9-17-14(2)18(17)24(22,23)16-12-10-15(11-13-16)19(20)21/h10-14,17H,3-9H2,1-2H3. The molecule has 0 radical (unpaired) electrons. The van der Waals surface area contributed by atoms with E-state index in [-0.39, 0.29) is 22.7 Å². The molecular formula is C17H26N2O4S. The number of nitro benzene ring substituents is 1. The second-order valence-electron chi connectivity index (χ2n) is 6.45. The van der Waals surface area contributed by atoms with Crippen molar-refractivity contribution < 1.29 is 13.3 Å². The fourth-order valence-corrected chi connectivity index (χ4v) is 5.03. The van der Waals surface area contributed by atoms with Gasteiger partial charge in [0.1, 0.15) is 0 Å². The summed E-state index contributed by atoms with van der Waals surface area (Å²) in [6, 6.07) is 5.20. The Morgan fingerprint density at radius 1 is 1.08 bits per heavy atom. The fourth-order valence-electron chi connectivity index (χ4n) is 3.14. The molecule has 0 aromatic heterocycles. The molecule has 7 heteroatoms. The number of nitrogens with zero attached hydrogens (tertiary/aromatic N) is 2. The maximum Gasteiger partial charge on any atom is 0.269 e. The highest BCUT2D eigenvalue weighted by molar-refractivity contribution is 7.89. The molecule has 1 aromatic rings. The lowest BCUT2D eigenvalue weighted by Gasteiger charge is -2.06. The number of nitro groups is 1. The van der Waals surface area contributed by atoms with Crippen molar-refractivity contribution in [2.75, 3.05) is 0 Å². The lowest BCUT2D eigenvalue weighted by atomic mass is 10.1. The van der Waals surface area contributed by atoms with Gasteiger partial charge in [0.05, 0.1) is 9.82 Å². The number of hydrogen-bond acceptors (Lipinski definition) is 4. The van der Waals surface area contributed by atoms with Crippen molar-refractivity contribution in [3.63, 3.8) is 0 Å². The number of sulfonamides is 1. The average Bonchev–Trinajstić information content (AvgIpc) is 3.21. The van der Waals surface area contributed by atoms with Gasteiger partial charge in [0, 0.05) is 24.2 Å². The minimum absolute atomic E-state index is 0.0147. The summed E-state index contributed by atoms with van der Waals surface area (Å²) < 4.78 is 26.8. The molecule has 1 saturated heterocycles. The predicted molar refractivity (Wildman–Crippen MR) is 93.4 cm³/mol. The van der Waals surface area contributed by atoms with E-state index in [1.165, 1.54) is 54.3 Å². The second-order valence-corrected chi connectivity index (χ2v) is 8.29. The van der Waals surface area contributed by atoms with Crippen LogP contribution in [-0.2, 0) is 10.0 Å². The third-order valence-corrected chi connectivity index (χ3v) is 6.70. The minimum atomic E-state index is -3.55. The van der Waals surface area contributed by atoms with E-state index in [9.17, 15) is 18.5 Å². The molecule has 24 heavy (non-hydrogen) atoms. The van der Waals surface area contributed by atoms with Crippen LogP contribution in [0.25, 0.3) is 0 Å². The Kier molecular flexibility index (Phi) is 6.34. The Balaban J connectivity index is 1.89. The summed E-state index contributed by atoms with van der Waals surface area (Å²) in [6.07, 6.45) is 8.03. The van der Waals surface area contributed by atoms with Crippen molar-refractivity contribution in [3.05, 3.63) is 34.4 Å². The molecule has 1 heterocycles. The molecule has 1 aliphatic heterocycles. The number of non-ortho nitro benzene ring substituents is 1. The van der Waals surface area contributed by atoms with E-state index in [0.717, 1.165) is 19.3 Å². The molecule has 134 valence electrons. The molecule has 2 rings (SSSR count). The van der Waals surface area contributed by atoms with Gasteiger partial charge in [-0.25, -0.2) is 8.42 Å². The lowest BCUT2D eigenvalue weighted by Crippen LogP contribution is -2.15. The van der Waals surface area contributed by atoms with Crippen LogP contribution in [0.3, 0.4) is 0 Å². The second kappa shape index (κ2) is 8.07. The molecular weight excluding hydrogens is 328 g/mol. The number of rotatable bonds is 10. The highest BCUT2D eigenvalue weighted by Gasteiger charge is 2.51. The fraction of sp³-hybridized carbons (Fsp3) is 0.647. The van der Waals surface area contributed by atoms with Crippen LogP contribution in [0.1, 0.15) is 58.8 Å². The first-order chi connectivity index (χ1) is 11.4. The van der Waals surface area contributed by atoms with Gasteiger partial charge in [-0.1, -0.05) is 45.4 Å². The summed E-state index contributed by atoms with van der Waals surface area (Å²) in [7, 11) is -3.55. The van der Waals surface area contributed by atoms with E-state index < -0.39 is 14.9 Å². The largest absolute Gasteiger partial charge is 0.269 e. The molecule has 0 spiro atoms. The van der Waals surface area contributed by atoms with E-state index in [1.807, 2.05) is 6.92 Å². The zero-order valence-corrected chi connectivity index (χ0v) is 15.2. The normalized spacial score (nSPS) is 23.2. The third kappa shape index (κ3) is 4.33. The van der Waals surface area contributed by atoms with E-state index in [1.54, 1.807) is 0 Å². The molecule has 0 saturated carbocycles. The SMILES string of the molecule is CCCCCCCCC1C(C)N1S(=O)(=O)c1ccc([N+](=O)[O-])cc1. The molecule has 1 fully saturated rings. The first-order valence-corrected chi connectivity index (χ1v) is 10.1. The zero-order chi connectivity index (χ0) is 17.7. The zero-order valence-electron chi connectivity index (χ0n) is 14.3. The summed E-state index contributed by atoms with van der Waals surface area (Å²) in [5, 5.41) is 10.7. The molecule has 0 amide bonds. The Morgan fingerprint density at radius 3 is 2.25 bits per heavy atom. The number of benzene rings is 1. The van der Waals surface area contributed by atoms with E-state index in [2.05, 4.69) is 6.92 Å². The summed E-state index contributed by atoms with van der Waals surface area (Å²) >= 11 is 0. The van der Waals surface area contributed by atoms with Gasteiger partial charge in [-0.3, -0.25) is 10.1 Å². The molecule has 0 bridgehead atoms. The molecule has 1 aliphatic rings. The van der Waals surface area contributed by atoms with Gasteiger partial charge < -0.3 is 0 Å². The lowest BCUT2D eigenvalue weighted by molar-refractivity contribution is -0.384. The van der Waals surface area contributed by atoms with Crippen LogP contribution < -0.4 is 0 Å². The van der Waals surface area contributed by atoms with Crippen LogP contribution in [0, 0.1) is 10.1 Å². The van der Waals surface area contributed by atoms with Crippen molar-refractivity contribution in [3.8, 4) is 0 Å². The van der Waals surface area contributed by atoms with Gasteiger partial charge in [-0.2, -0.15) is 4.31 Å². The van der Waals surface area contributed by atoms with Crippen molar-refractivity contribution >= 4 is 15.7 Å². The van der Waals surface area contributed by atoms with Gasteiger partial charge in [-0.15, -0.1) is 0 Å². The van der Waals surface area contributed by atoms with Gasteiger partial charge in [0.25, 0.3) is 5.69 Å². The van der Waals surface area contributed by atoms with Crippen LogP contribution >= 0.6 is 0 Å². The van der Waals surface area contributed by atoms with Crippen molar-refractivity contribution in [2.24, 2.45) is 0 Å². The molecule has 6 nitrogen and oxygen atoms in total. The average molecular weight is 354 g/mol. The molecule has 0 aliphatic carbocycles. The third-order valence-electron chi connectivity index (χ3n) is 4.67. The molecule has 3 atom stereocenters. The summed E-state index contributed by atoms with van der Waals surface area (Å²) in [5.74, 6) is 0. The highest BCUT2D eigenvalue weighted by Crippen LogP contribution is 2.38. The van der Waals surface area contributed by atoms with E-state index in [4.69, 9.17) is 0 Å². The Hall–Kier alpha value is -1.47. The van der Waals surface area contributed by atoms with Crippen molar-refractivity contribution in [1.29, 1.82) is 0 Å². The van der Waals surface area contributed by atoms with Crippen LogP contribution in [-0.4, -0.2) is 29.7 Å². The smallest absolute Gasteiger partial charge is 0.258 e. The summed E-state index contributed by atoms with van der Waals surface area (Å²) in [4.78, 5) is 10.3. The summed E-state index contributed by atoms with van der Waals surface area (Å²) in [5.41, 5.74) is -0.101. The number of unbranched alkanes of at least 4 members (excludes halogenated alkanes) is 5. The molecule has 1 aromatic carbocycles. The predicted octanol–water partition coefficient (Wildman–Crippen LogP) is 4.11. The van der Waals surface area contributed by atoms with Gasteiger partial charge in [0.15, 0.2) is 0 Å². The molecule has 3 unspecified atom stereocenters. The molecule has 0 N–H and O–H groups in total. The van der Waals surface area contributed by atoms with Gasteiger partial charge >= 0.3 is 0 Å². The number of hydrogen-bond donors (Lipinski definition) is 0. The van der Waals surface area contributed by atoms with Crippen molar-refractivity contribution in [1.82, 2.24) is 4.31 Å². The van der Waals surface area contributed by atoms with Crippen LogP contribution in [0.2, 0.25) is 0 Å². The monoisotopic (exact) mass is 354 g/mol. The van der Waals surface area contributed by atoms with Crippen LogP contribution in [0.15, 0.2) is 29.2 Å². The van der Waals surface area contributed by atoms with Gasteiger partial charge in [-0.05, 0) is 25.5 Å². The minimum Gasteiger partial charge on any atom is -0.258 e. The first kappa shape index (κ1) is 18.9. The Morgan fingerprint density at radius 2 is 1.67 bits per heavy atom. The van der Waals surface area contributed by atoms with E-state index >= 15 is 0 Å². The quantitative estimate of drug-likeness (QED) is 0.274. The maximum absolute atomic E-state index is 12.6. The Labute approximate surface area is 144 Å². The summed E-state index contributed by atoms with van der Waals surface area (Å²) in [6.45, 7) is 4.11. The highest BCUT2D eigenvalue weighted by atomic mass is 32.2. The topological polar surface area (TPSA) is 80.3 Å².